The van der Waals surface area contributed by atoms with Crippen molar-refractivity contribution in [2.45, 2.75) is 19.3 Å². The Labute approximate surface area is 154 Å². The molecule has 0 bridgehead atoms. The van der Waals surface area contributed by atoms with Crippen LogP contribution in [0.5, 0.6) is 5.75 Å². The van der Waals surface area contributed by atoms with Crippen molar-refractivity contribution in [3.63, 3.8) is 0 Å². The number of hydrogen-bond donors (Lipinski definition) is 1. The summed E-state index contributed by atoms with van der Waals surface area (Å²) in [5.74, 6) is 0.808. The molecule has 0 spiro atoms. The minimum Gasteiger partial charge on any atom is -0.493 e. The fraction of sp³-hybridized carbons (Fsp3) is 0.333. The first-order valence-electron chi connectivity index (χ1n) is 8.97. The zero-order valence-corrected chi connectivity index (χ0v) is 14.7. The third-order valence-electron chi connectivity index (χ3n) is 4.55. The second kappa shape index (κ2) is 8.91. The van der Waals surface area contributed by atoms with E-state index in [1.54, 1.807) is 4.90 Å². The molecular formula is C21H23N3O2. The van der Waals surface area contributed by atoms with Crippen molar-refractivity contribution in [3.05, 3.63) is 60.2 Å². The number of nitrogens with one attached hydrogen (secondary N) is 1. The molecule has 134 valence electrons. The fourth-order valence-electron chi connectivity index (χ4n) is 3.01. The summed E-state index contributed by atoms with van der Waals surface area (Å²) in [7, 11) is 0. The minimum atomic E-state index is -0.122. The van der Waals surface area contributed by atoms with Crippen molar-refractivity contribution in [2.24, 2.45) is 5.92 Å². The zero-order valence-electron chi connectivity index (χ0n) is 14.7. The quantitative estimate of drug-likeness (QED) is 0.885. The molecule has 3 rings (SSSR count). The van der Waals surface area contributed by atoms with Crippen molar-refractivity contribution >= 4 is 11.7 Å². The molecule has 5 nitrogen and oxygen atoms in total. The Morgan fingerprint density at radius 2 is 1.92 bits per heavy atom. The maximum absolute atomic E-state index is 12.4. The van der Waals surface area contributed by atoms with Crippen LogP contribution in [0.15, 0.2) is 54.6 Å². The van der Waals surface area contributed by atoms with Gasteiger partial charge in [0.05, 0.1) is 12.7 Å². The molecule has 0 aromatic heterocycles. The van der Waals surface area contributed by atoms with Gasteiger partial charge in [0.2, 0.25) is 0 Å². The molecule has 1 heterocycles. The van der Waals surface area contributed by atoms with Crippen LogP contribution in [-0.4, -0.2) is 30.6 Å². The number of nitrogens with zero attached hydrogens (tertiary/aromatic N) is 2. The average Bonchev–Trinajstić information content (AvgIpc) is 2.69. The standard InChI is InChI=1S/C21H23N3O2/c22-16-18-9-12-24(13-10-18)21(25)23-19-7-4-8-20(15-19)26-14-11-17-5-2-1-3-6-17/h1-8,15,18H,9-14H2,(H,23,25). The molecule has 1 aliphatic rings. The molecule has 2 aromatic rings. The first-order chi connectivity index (χ1) is 12.7. The second-order valence-corrected chi connectivity index (χ2v) is 6.43. The van der Waals surface area contributed by atoms with Crippen LogP contribution in [0, 0.1) is 17.2 Å². The van der Waals surface area contributed by atoms with Gasteiger partial charge in [-0.2, -0.15) is 5.26 Å². The van der Waals surface area contributed by atoms with E-state index in [1.807, 2.05) is 42.5 Å². The van der Waals surface area contributed by atoms with E-state index in [1.165, 1.54) is 5.56 Å². The van der Waals surface area contributed by atoms with Crippen LogP contribution in [0.2, 0.25) is 0 Å². The van der Waals surface area contributed by atoms with Gasteiger partial charge in [-0.3, -0.25) is 0 Å². The maximum Gasteiger partial charge on any atom is 0.321 e. The molecule has 5 heteroatoms. The zero-order chi connectivity index (χ0) is 18.2. The van der Waals surface area contributed by atoms with Gasteiger partial charge in [-0.05, 0) is 30.5 Å². The van der Waals surface area contributed by atoms with E-state index in [9.17, 15) is 4.79 Å². The van der Waals surface area contributed by atoms with E-state index < -0.39 is 0 Å². The Morgan fingerprint density at radius 1 is 1.15 bits per heavy atom. The van der Waals surface area contributed by atoms with Crippen LogP contribution in [-0.2, 0) is 6.42 Å². The van der Waals surface area contributed by atoms with Gasteiger partial charge in [0, 0.05) is 37.2 Å². The van der Waals surface area contributed by atoms with Crippen LogP contribution in [0.25, 0.3) is 0 Å². The molecule has 0 atom stereocenters. The number of amides is 2. The van der Waals surface area contributed by atoms with E-state index in [4.69, 9.17) is 10.00 Å². The van der Waals surface area contributed by atoms with Crippen LogP contribution in [0.3, 0.4) is 0 Å². The summed E-state index contributed by atoms with van der Waals surface area (Å²) in [6, 6.07) is 19.8. The van der Waals surface area contributed by atoms with Crippen LogP contribution in [0.4, 0.5) is 10.5 Å². The molecule has 1 fully saturated rings. The number of nitriles is 1. The smallest absolute Gasteiger partial charge is 0.321 e. The van der Waals surface area contributed by atoms with Crippen molar-refractivity contribution in [1.29, 1.82) is 5.26 Å². The number of hydrogen-bond acceptors (Lipinski definition) is 3. The lowest BCUT2D eigenvalue weighted by Gasteiger charge is -2.29. The van der Waals surface area contributed by atoms with Crippen LogP contribution >= 0.6 is 0 Å². The molecule has 0 aliphatic carbocycles. The fourth-order valence-corrected chi connectivity index (χ4v) is 3.01. The number of rotatable bonds is 5. The summed E-state index contributed by atoms with van der Waals surface area (Å²) >= 11 is 0. The van der Waals surface area contributed by atoms with E-state index >= 15 is 0 Å². The Hall–Kier alpha value is -3.00. The normalized spacial score (nSPS) is 14.5. The predicted octanol–water partition coefficient (Wildman–Crippen LogP) is 4.08. The van der Waals surface area contributed by atoms with Crippen LogP contribution < -0.4 is 10.1 Å². The monoisotopic (exact) mass is 349 g/mol. The number of ether oxygens (including phenoxy) is 1. The highest BCUT2D eigenvalue weighted by Gasteiger charge is 2.22. The lowest BCUT2D eigenvalue weighted by atomic mass is 9.99. The van der Waals surface area contributed by atoms with E-state index in [2.05, 4.69) is 23.5 Å². The SMILES string of the molecule is N#CC1CCN(C(=O)Nc2cccc(OCCc3ccccc3)c2)CC1. The summed E-state index contributed by atoms with van der Waals surface area (Å²) in [5.41, 5.74) is 1.95. The Bertz CT molecular complexity index is 762. The molecule has 0 radical (unpaired) electrons. The third kappa shape index (κ3) is 5.00. The molecule has 1 aliphatic heterocycles. The van der Waals surface area contributed by atoms with Gasteiger partial charge in [-0.25, -0.2) is 4.79 Å². The molecule has 1 N–H and O–H groups in total. The van der Waals surface area contributed by atoms with Crippen molar-refractivity contribution in [1.82, 2.24) is 4.90 Å². The summed E-state index contributed by atoms with van der Waals surface area (Å²) < 4.78 is 5.81. The summed E-state index contributed by atoms with van der Waals surface area (Å²) in [5, 5.41) is 11.9. The van der Waals surface area contributed by atoms with Gasteiger partial charge in [0.1, 0.15) is 5.75 Å². The molecule has 26 heavy (non-hydrogen) atoms. The number of anilines is 1. The highest BCUT2D eigenvalue weighted by atomic mass is 16.5. The first kappa shape index (κ1) is 17.8. The Morgan fingerprint density at radius 3 is 2.65 bits per heavy atom. The molecule has 1 saturated heterocycles. The Kier molecular flexibility index (Phi) is 6.10. The molecular weight excluding hydrogens is 326 g/mol. The van der Waals surface area contributed by atoms with Gasteiger partial charge in [-0.1, -0.05) is 36.4 Å². The van der Waals surface area contributed by atoms with Crippen molar-refractivity contribution in [3.8, 4) is 11.8 Å². The maximum atomic E-state index is 12.4. The largest absolute Gasteiger partial charge is 0.493 e. The van der Waals surface area contributed by atoms with Crippen molar-refractivity contribution in [2.75, 3.05) is 25.0 Å². The molecule has 2 aromatic carbocycles. The number of likely N-dealkylation sites (tertiary alicyclic amines) is 1. The van der Waals surface area contributed by atoms with Crippen LogP contribution in [0.1, 0.15) is 18.4 Å². The Balaban J connectivity index is 1.49. The lowest BCUT2D eigenvalue weighted by molar-refractivity contribution is 0.192. The van der Waals surface area contributed by atoms with E-state index in [0.717, 1.165) is 30.7 Å². The van der Waals surface area contributed by atoms with Gasteiger partial charge in [-0.15, -0.1) is 0 Å². The van der Waals surface area contributed by atoms with Gasteiger partial charge in [0.15, 0.2) is 0 Å². The average molecular weight is 349 g/mol. The van der Waals surface area contributed by atoms with Gasteiger partial charge < -0.3 is 15.0 Å². The number of carbonyl (C=O) groups is 1. The third-order valence-corrected chi connectivity index (χ3v) is 4.55. The van der Waals surface area contributed by atoms with E-state index in [-0.39, 0.29) is 11.9 Å². The number of urea groups is 1. The van der Waals surface area contributed by atoms with Gasteiger partial charge in [0.25, 0.3) is 0 Å². The predicted molar refractivity (Wildman–Crippen MR) is 101 cm³/mol. The van der Waals surface area contributed by atoms with E-state index in [0.29, 0.717) is 19.7 Å². The summed E-state index contributed by atoms with van der Waals surface area (Å²) in [6.07, 6.45) is 2.32. The van der Waals surface area contributed by atoms with Gasteiger partial charge >= 0.3 is 6.03 Å². The second-order valence-electron chi connectivity index (χ2n) is 6.43. The summed E-state index contributed by atoms with van der Waals surface area (Å²) in [4.78, 5) is 14.1. The lowest BCUT2D eigenvalue weighted by Crippen LogP contribution is -2.40. The minimum absolute atomic E-state index is 0.0698. The number of piperidine rings is 1. The highest BCUT2D eigenvalue weighted by molar-refractivity contribution is 5.89. The molecule has 0 unspecified atom stereocenters. The summed E-state index contributed by atoms with van der Waals surface area (Å²) in [6.45, 7) is 1.83. The first-order valence-corrected chi connectivity index (χ1v) is 8.97. The number of benzene rings is 2. The number of carbonyl (C=O) groups excluding carboxylic acids is 1. The highest BCUT2D eigenvalue weighted by Crippen LogP contribution is 2.20. The topological polar surface area (TPSA) is 65.4 Å². The molecule has 2 amide bonds. The molecule has 0 saturated carbocycles. The van der Waals surface area contributed by atoms with Crippen molar-refractivity contribution < 1.29 is 9.53 Å².